The molecule has 0 saturated carbocycles. The highest BCUT2D eigenvalue weighted by Gasteiger charge is 2.29. The predicted octanol–water partition coefficient (Wildman–Crippen LogP) is 1.36. The summed E-state index contributed by atoms with van der Waals surface area (Å²) in [6, 6.07) is 7.81. The van der Waals surface area contributed by atoms with Crippen molar-refractivity contribution in [3.63, 3.8) is 0 Å². The van der Waals surface area contributed by atoms with E-state index in [1.54, 1.807) is 0 Å². The number of rotatable bonds is 5. The van der Waals surface area contributed by atoms with E-state index in [0.29, 0.717) is 6.42 Å². The Hall–Kier alpha value is -1.07. The van der Waals surface area contributed by atoms with Crippen molar-refractivity contribution in [2.45, 2.75) is 26.0 Å². The maximum absolute atomic E-state index is 11.3. The van der Waals surface area contributed by atoms with Crippen LogP contribution in [0.4, 0.5) is 0 Å². The molecule has 1 saturated heterocycles. The van der Waals surface area contributed by atoms with Crippen LogP contribution in [0.3, 0.4) is 0 Å². The fourth-order valence-corrected chi connectivity index (χ4v) is 3.63. The summed E-state index contributed by atoms with van der Waals surface area (Å²) in [5.41, 5.74) is 1.15. The van der Waals surface area contributed by atoms with Crippen molar-refractivity contribution >= 4 is 9.84 Å². The summed E-state index contributed by atoms with van der Waals surface area (Å²) in [7, 11) is -2.88. The third-order valence-electron chi connectivity index (χ3n) is 2.97. The van der Waals surface area contributed by atoms with E-state index in [2.05, 4.69) is 12.2 Å². The molecule has 1 aliphatic rings. The summed E-state index contributed by atoms with van der Waals surface area (Å²) in [4.78, 5) is 0. The van der Waals surface area contributed by atoms with Gasteiger partial charge in [-0.25, -0.2) is 8.42 Å². The van der Waals surface area contributed by atoms with Crippen molar-refractivity contribution < 1.29 is 13.2 Å². The minimum absolute atomic E-state index is 0.143. The van der Waals surface area contributed by atoms with Crippen LogP contribution in [0.25, 0.3) is 0 Å². The van der Waals surface area contributed by atoms with Gasteiger partial charge in [0.1, 0.15) is 11.9 Å². The molecule has 1 unspecified atom stereocenters. The molecule has 100 valence electrons. The Bertz CT molecular complexity index is 499. The minimum atomic E-state index is -2.88. The van der Waals surface area contributed by atoms with Crippen molar-refractivity contribution in [3.8, 4) is 5.75 Å². The van der Waals surface area contributed by atoms with E-state index < -0.39 is 9.84 Å². The molecule has 0 bridgehead atoms. The van der Waals surface area contributed by atoms with E-state index in [1.165, 1.54) is 0 Å². The lowest BCUT2D eigenvalue weighted by Crippen LogP contribution is -2.18. The summed E-state index contributed by atoms with van der Waals surface area (Å²) in [6.45, 7) is 3.78. The first kappa shape index (κ1) is 13.4. The number of sulfone groups is 1. The third kappa shape index (κ3) is 3.71. The second-order valence-corrected chi connectivity index (χ2v) is 6.80. The zero-order chi connectivity index (χ0) is 13.0. The topological polar surface area (TPSA) is 55.4 Å². The number of hydrogen-bond acceptors (Lipinski definition) is 4. The highest BCUT2D eigenvalue weighted by molar-refractivity contribution is 7.91. The molecule has 1 aromatic carbocycles. The molecule has 1 atom stereocenters. The molecule has 5 heteroatoms. The fourth-order valence-electron chi connectivity index (χ4n) is 2.04. The van der Waals surface area contributed by atoms with Crippen LogP contribution in [-0.2, 0) is 16.4 Å². The average molecular weight is 269 g/mol. The van der Waals surface area contributed by atoms with Gasteiger partial charge < -0.3 is 10.1 Å². The van der Waals surface area contributed by atoms with E-state index in [-0.39, 0.29) is 17.6 Å². The van der Waals surface area contributed by atoms with Gasteiger partial charge in [-0.05, 0) is 30.7 Å². The number of nitrogens with one attached hydrogen (secondary N) is 1. The van der Waals surface area contributed by atoms with Crippen molar-refractivity contribution in [2.75, 3.05) is 18.1 Å². The van der Waals surface area contributed by atoms with E-state index in [4.69, 9.17) is 4.74 Å². The third-order valence-corrected chi connectivity index (χ3v) is 4.71. The van der Waals surface area contributed by atoms with E-state index in [1.807, 2.05) is 24.3 Å². The molecule has 0 spiro atoms. The van der Waals surface area contributed by atoms with Gasteiger partial charge in [0.05, 0.1) is 11.5 Å². The summed E-state index contributed by atoms with van der Waals surface area (Å²) < 4.78 is 28.4. The van der Waals surface area contributed by atoms with Gasteiger partial charge in [-0.15, -0.1) is 0 Å². The first-order valence-electron chi connectivity index (χ1n) is 6.26. The van der Waals surface area contributed by atoms with Gasteiger partial charge in [-0.3, -0.25) is 0 Å². The highest BCUT2D eigenvalue weighted by atomic mass is 32.2. The molecular weight excluding hydrogens is 250 g/mol. The molecule has 1 fully saturated rings. The summed E-state index contributed by atoms with van der Waals surface area (Å²) in [5.74, 6) is 1.15. The largest absolute Gasteiger partial charge is 0.489 e. The summed E-state index contributed by atoms with van der Waals surface area (Å²) in [5, 5.41) is 3.25. The van der Waals surface area contributed by atoms with Gasteiger partial charge >= 0.3 is 0 Å². The first-order chi connectivity index (χ1) is 8.59. The lowest BCUT2D eigenvalue weighted by atomic mass is 10.2. The van der Waals surface area contributed by atoms with Gasteiger partial charge in [-0.2, -0.15) is 0 Å². The average Bonchev–Trinajstić information content (AvgIpc) is 2.66. The molecule has 0 aliphatic carbocycles. The van der Waals surface area contributed by atoms with Crippen LogP contribution in [-0.4, -0.2) is 32.6 Å². The van der Waals surface area contributed by atoms with E-state index in [0.717, 1.165) is 24.4 Å². The predicted molar refractivity (Wildman–Crippen MR) is 71.5 cm³/mol. The van der Waals surface area contributed by atoms with E-state index in [9.17, 15) is 8.42 Å². The van der Waals surface area contributed by atoms with Gasteiger partial charge in [0.25, 0.3) is 0 Å². The molecule has 0 amide bonds. The minimum Gasteiger partial charge on any atom is -0.489 e. The Kier molecular flexibility index (Phi) is 4.24. The molecule has 1 aliphatic heterocycles. The van der Waals surface area contributed by atoms with Crippen LogP contribution in [0.5, 0.6) is 5.75 Å². The molecule has 1 aromatic rings. The van der Waals surface area contributed by atoms with Gasteiger partial charge in [0, 0.05) is 6.54 Å². The van der Waals surface area contributed by atoms with Crippen LogP contribution in [0.15, 0.2) is 24.3 Å². The van der Waals surface area contributed by atoms with Crippen LogP contribution in [0.1, 0.15) is 18.9 Å². The molecule has 1 N–H and O–H groups in total. The molecule has 4 nitrogen and oxygen atoms in total. The quantitative estimate of drug-likeness (QED) is 0.877. The second kappa shape index (κ2) is 5.71. The number of benzene rings is 1. The molecule has 1 heterocycles. The van der Waals surface area contributed by atoms with Crippen LogP contribution < -0.4 is 10.1 Å². The molecule has 18 heavy (non-hydrogen) atoms. The highest BCUT2D eigenvalue weighted by Crippen LogP contribution is 2.20. The first-order valence-corrected chi connectivity index (χ1v) is 8.08. The monoisotopic (exact) mass is 269 g/mol. The van der Waals surface area contributed by atoms with Gasteiger partial charge in [0.15, 0.2) is 9.84 Å². The lowest BCUT2D eigenvalue weighted by Gasteiger charge is -2.13. The zero-order valence-electron chi connectivity index (χ0n) is 10.6. The normalized spacial score (nSPS) is 21.9. The number of hydrogen-bond donors (Lipinski definition) is 1. The van der Waals surface area contributed by atoms with Gasteiger partial charge in [0.2, 0.25) is 0 Å². The van der Waals surface area contributed by atoms with Crippen molar-refractivity contribution in [2.24, 2.45) is 0 Å². The molecule has 0 radical (unpaired) electrons. The Morgan fingerprint density at radius 1 is 1.44 bits per heavy atom. The zero-order valence-corrected chi connectivity index (χ0v) is 11.4. The van der Waals surface area contributed by atoms with Crippen molar-refractivity contribution in [3.05, 3.63) is 29.8 Å². The maximum Gasteiger partial charge on any atom is 0.154 e. The molecule has 0 aromatic heterocycles. The second-order valence-electron chi connectivity index (χ2n) is 4.57. The fraction of sp³-hybridized carbons (Fsp3) is 0.538. The molecule has 2 rings (SSSR count). The lowest BCUT2D eigenvalue weighted by molar-refractivity contribution is 0.228. The maximum atomic E-state index is 11.3. The van der Waals surface area contributed by atoms with Gasteiger partial charge in [-0.1, -0.05) is 19.1 Å². The SMILES string of the molecule is CCNCc1cccc(OC2CCS(=O)(=O)C2)c1. The Morgan fingerprint density at radius 2 is 2.28 bits per heavy atom. The van der Waals surface area contributed by atoms with Crippen LogP contribution >= 0.6 is 0 Å². The Labute approximate surface area is 108 Å². The summed E-state index contributed by atoms with van der Waals surface area (Å²) in [6.07, 6.45) is 0.407. The smallest absolute Gasteiger partial charge is 0.154 e. The van der Waals surface area contributed by atoms with Crippen molar-refractivity contribution in [1.82, 2.24) is 5.32 Å². The van der Waals surface area contributed by atoms with Crippen molar-refractivity contribution in [1.29, 1.82) is 0 Å². The summed E-state index contributed by atoms with van der Waals surface area (Å²) >= 11 is 0. The molecular formula is C13H19NO3S. The van der Waals surface area contributed by atoms with Crippen LogP contribution in [0, 0.1) is 0 Å². The van der Waals surface area contributed by atoms with E-state index >= 15 is 0 Å². The Morgan fingerprint density at radius 3 is 2.94 bits per heavy atom. The standard InChI is InChI=1S/C13H19NO3S/c1-2-14-9-11-4-3-5-12(8-11)17-13-6-7-18(15,16)10-13/h3-5,8,13-14H,2,6-7,9-10H2,1H3. The Balaban J connectivity index is 1.97. The number of ether oxygens (including phenoxy) is 1. The van der Waals surface area contributed by atoms with Crippen LogP contribution in [0.2, 0.25) is 0 Å².